The number of hydrogen-bond donors (Lipinski definition) is 3. The van der Waals surface area contributed by atoms with Crippen LogP contribution in [0.5, 0.6) is 0 Å². The summed E-state index contributed by atoms with van der Waals surface area (Å²) in [6.45, 7) is 53.8. The first-order valence-electron chi connectivity index (χ1n) is 44.8. The minimum absolute atomic E-state index is 0.0169. The fourth-order valence-corrected chi connectivity index (χ4v) is 31.3. The summed E-state index contributed by atoms with van der Waals surface area (Å²) in [7, 11) is -3.10. The summed E-state index contributed by atoms with van der Waals surface area (Å²) in [5, 5.41) is 30.7. The van der Waals surface area contributed by atoms with E-state index in [1.807, 2.05) is 26.8 Å². The van der Waals surface area contributed by atoms with Crippen LogP contribution < -0.4 is 0 Å². The fourth-order valence-electron chi connectivity index (χ4n) is 24.9. The number of allylic oxidation sites excluding steroid dienone is 12. The third kappa shape index (κ3) is 23.1. The molecule has 9 aliphatic carbocycles. The van der Waals surface area contributed by atoms with Crippen LogP contribution in [-0.4, -0.2) is 66.7 Å². The lowest BCUT2D eigenvalue weighted by atomic mass is 9.60. The highest BCUT2D eigenvalue weighted by atomic mass is 28.4. The number of ketones is 1. The lowest BCUT2D eigenvalue weighted by Crippen LogP contribution is -2.44. The van der Waals surface area contributed by atoms with Gasteiger partial charge in [0.2, 0.25) is 0 Å². The summed E-state index contributed by atoms with van der Waals surface area (Å²) in [5.74, 6) is 9.69. The minimum Gasteiger partial charge on any atom is -0.412 e. The Kier molecular flexibility index (Phi) is 33.5. The smallest absolute Gasteiger partial charge is 0.192 e. The van der Waals surface area contributed by atoms with E-state index in [2.05, 4.69) is 175 Å². The molecule has 8 heteroatoms. The maximum absolute atomic E-state index is 12.3. The molecule has 6 nitrogen and oxygen atoms in total. The SMILES string of the molecule is CC=C1[C@H](O)CC(=C/C=C2\CCC[C@@]3(C)C2CCC3[C@@H](C)CCCC(C)(C)O)C[C@H]1O.CC[Si](CC)(CC)OC(C)(C)CCC[C@H](C)C1CCC2/C(=C/C=C3C[C@@H](C)C(=O)[C@H](C)C3)CCC[C@@]21C.CC[Si](CC)(CC)OC(C)(C)CCC[C@H](C)C1CCC2/C(=C/C=C3C[C@@H](C)C[C@H](C)C3)CCC[C@@]21C. The standard InChI is InChI=1S/C34H60O2Si.C34H62OSi.C28H46O3/c1-10-37(11-2,12-3)36-33(7,8)21-13-15-25(4)30-19-20-31-29(16-14-22-34(30,31)9)18-17-28-23-26(5)32(35)27(6)24-28;1-10-36(11-2,12-3)35-33(7,8)21-13-15-28(6)31-19-20-32-30(16-14-22-34(31,32)9)18-17-29-24-26(4)23-27(5)25-29;1-6-22-25(29)17-20(18-26(22)30)11-12-21-10-8-16-28(5)23(13-14-24(21)28)19(2)9-7-15-27(3,4)31/h17-18,25-27,30-31H,10-16,19-24H2,1-9H3;17-18,26-28,31-32H,10-16,19-25H2,1-9H3;6,11-12,19,23-26,29-31H,7-10,13-18H2,1-5H3/b29-18+;30-18+;20-11?,21-12+,22-6?/t25-,26+,27+,30?,31?,34+;26-,27-,28-,31?,32?,34+;19-,23?,24?,25+,26+,28+/m000/s1. The molecule has 0 amide bonds. The monoisotopic (exact) mass is 1470 g/mol. The number of carbonyl (C=O) groups is 1. The molecule has 6 unspecified atom stereocenters. The Balaban J connectivity index is 0.000000219. The third-order valence-corrected chi connectivity index (χ3v) is 40.8. The summed E-state index contributed by atoms with van der Waals surface area (Å²) in [4.78, 5) is 12.3. The zero-order valence-corrected chi connectivity index (χ0v) is 74.4. The van der Waals surface area contributed by atoms with E-state index in [1.54, 1.807) is 22.3 Å². The Morgan fingerprint density at radius 3 is 1.09 bits per heavy atom. The van der Waals surface area contributed by atoms with Crippen molar-refractivity contribution in [2.24, 2.45) is 93.2 Å². The Labute approximate surface area is 645 Å². The first-order chi connectivity index (χ1) is 48.9. The molecular formula is C96H168O6Si2. The van der Waals surface area contributed by atoms with Gasteiger partial charge in [0, 0.05) is 11.8 Å². The van der Waals surface area contributed by atoms with Crippen LogP contribution in [0.3, 0.4) is 0 Å². The van der Waals surface area contributed by atoms with Gasteiger partial charge < -0.3 is 24.2 Å². The van der Waals surface area contributed by atoms with E-state index >= 15 is 0 Å². The van der Waals surface area contributed by atoms with Crippen LogP contribution in [0.1, 0.15) is 358 Å². The summed E-state index contributed by atoms with van der Waals surface area (Å²) >= 11 is 0. The number of fused-ring (bicyclic) bond motifs is 3. The van der Waals surface area contributed by atoms with E-state index in [0.717, 1.165) is 84.5 Å². The summed E-state index contributed by atoms with van der Waals surface area (Å²) in [5.41, 5.74) is 11.1. The second-order valence-corrected chi connectivity index (χ2v) is 49.7. The van der Waals surface area contributed by atoms with Gasteiger partial charge in [0.15, 0.2) is 16.6 Å². The van der Waals surface area contributed by atoms with Crippen molar-refractivity contribution in [3.8, 4) is 0 Å². The average molecular weight is 1470 g/mol. The van der Waals surface area contributed by atoms with E-state index in [9.17, 15) is 20.1 Å². The van der Waals surface area contributed by atoms with Gasteiger partial charge in [0.25, 0.3) is 0 Å². The molecule has 0 spiro atoms. The first-order valence-corrected chi connectivity index (χ1v) is 49.8. The maximum Gasteiger partial charge on any atom is 0.192 e. The van der Waals surface area contributed by atoms with Gasteiger partial charge >= 0.3 is 0 Å². The molecule has 3 N–H and O–H groups in total. The van der Waals surface area contributed by atoms with Gasteiger partial charge in [-0.15, -0.1) is 0 Å². The van der Waals surface area contributed by atoms with E-state index in [1.165, 1.54) is 208 Å². The summed E-state index contributed by atoms with van der Waals surface area (Å²) in [6, 6.07) is 7.49. The Morgan fingerprint density at radius 1 is 0.471 bits per heavy atom. The molecule has 9 aliphatic rings. The van der Waals surface area contributed by atoms with E-state index in [-0.39, 0.29) is 23.0 Å². The normalized spacial score (nSPS) is 34.2. The van der Waals surface area contributed by atoms with Crippen LogP contribution in [0.4, 0.5) is 0 Å². The van der Waals surface area contributed by atoms with Crippen molar-refractivity contribution in [2.75, 3.05) is 0 Å². The molecule has 0 radical (unpaired) electrons. The van der Waals surface area contributed by atoms with E-state index < -0.39 is 34.4 Å². The molecule has 0 heterocycles. The number of aliphatic hydroxyl groups excluding tert-OH is 2. The Hall–Kier alpha value is -1.92. The van der Waals surface area contributed by atoms with Crippen molar-refractivity contribution < 1.29 is 29.0 Å². The zero-order valence-electron chi connectivity index (χ0n) is 72.4. The number of hydrogen-bond acceptors (Lipinski definition) is 6. The number of carbonyl (C=O) groups excluding carboxylic acids is 1. The van der Waals surface area contributed by atoms with E-state index in [4.69, 9.17) is 8.85 Å². The second-order valence-electron chi connectivity index (χ2n) is 40.3. The van der Waals surface area contributed by atoms with Gasteiger partial charge in [-0.1, -0.05) is 225 Å². The molecule has 104 heavy (non-hydrogen) atoms. The molecule has 0 aromatic carbocycles. The predicted octanol–water partition coefficient (Wildman–Crippen LogP) is 27.5. The molecule has 18 atom stereocenters. The number of rotatable bonds is 28. The first kappa shape index (κ1) is 89.3. The second kappa shape index (κ2) is 39.0. The maximum atomic E-state index is 12.3. The fraction of sp³-hybridized carbons (Fsp3) is 0.844. The highest BCUT2D eigenvalue weighted by Crippen LogP contribution is 2.63. The molecule has 596 valence electrons. The van der Waals surface area contributed by atoms with Gasteiger partial charge in [-0.2, -0.15) is 0 Å². The topological polar surface area (TPSA) is 96.2 Å². The molecular weight excluding hydrogens is 1310 g/mol. The highest BCUT2D eigenvalue weighted by Gasteiger charge is 2.54. The van der Waals surface area contributed by atoms with Crippen molar-refractivity contribution >= 4 is 22.4 Å². The average Bonchev–Trinajstić information content (AvgIpc) is 1.61. The zero-order chi connectivity index (χ0) is 76.8. The molecule has 0 bridgehead atoms. The summed E-state index contributed by atoms with van der Waals surface area (Å²) in [6.07, 6.45) is 53.9. The van der Waals surface area contributed by atoms with Gasteiger partial charge in [0.05, 0.1) is 29.0 Å². The number of Topliss-reactive ketones (excluding diaryl/α,β-unsaturated/α-hetero) is 1. The largest absolute Gasteiger partial charge is 0.412 e. The van der Waals surface area contributed by atoms with Gasteiger partial charge in [-0.25, -0.2) is 0 Å². The Bertz CT molecular complexity index is 2860. The van der Waals surface area contributed by atoms with Crippen LogP contribution in [-0.2, 0) is 13.6 Å². The lowest BCUT2D eigenvalue weighted by molar-refractivity contribution is -0.126. The van der Waals surface area contributed by atoms with Gasteiger partial charge in [-0.05, 0) is 332 Å². The van der Waals surface area contributed by atoms with Crippen molar-refractivity contribution in [1.82, 2.24) is 0 Å². The molecule has 9 saturated carbocycles. The van der Waals surface area contributed by atoms with Crippen molar-refractivity contribution in [2.45, 2.75) is 424 Å². The highest BCUT2D eigenvalue weighted by molar-refractivity contribution is 6.74. The van der Waals surface area contributed by atoms with Crippen molar-refractivity contribution in [3.05, 3.63) is 81.5 Å². The lowest BCUT2D eigenvalue weighted by Gasteiger charge is -2.44. The van der Waals surface area contributed by atoms with Crippen LogP contribution in [0.25, 0.3) is 0 Å². The molecule has 9 fully saturated rings. The van der Waals surface area contributed by atoms with Gasteiger partial charge in [-0.3, -0.25) is 4.79 Å². The van der Waals surface area contributed by atoms with Crippen LogP contribution in [0, 0.1) is 93.2 Å². The van der Waals surface area contributed by atoms with Crippen LogP contribution in [0.15, 0.2) is 81.5 Å². The third-order valence-electron chi connectivity index (χ3n) is 31.1. The van der Waals surface area contributed by atoms with Crippen LogP contribution in [0.2, 0.25) is 36.3 Å². The molecule has 0 aliphatic heterocycles. The quantitative estimate of drug-likeness (QED) is 0.0534. The van der Waals surface area contributed by atoms with Crippen LogP contribution >= 0.6 is 0 Å². The predicted molar refractivity (Wildman–Crippen MR) is 453 cm³/mol. The molecule has 0 aromatic heterocycles. The molecule has 9 rings (SSSR count). The number of aliphatic hydroxyl groups is 3. The van der Waals surface area contributed by atoms with Gasteiger partial charge in [0.1, 0.15) is 5.78 Å². The van der Waals surface area contributed by atoms with Crippen molar-refractivity contribution in [1.29, 1.82) is 0 Å². The Morgan fingerprint density at radius 2 is 0.779 bits per heavy atom. The van der Waals surface area contributed by atoms with Crippen molar-refractivity contribution in [3.63, 3.8) is 0 Å². The van der Waals surface area contributed by atoms with E-state index in [0.29, 0.717) is 46.7 Å². The molecule has 0 saturated heterocycles. The summed E-state index contributed by atoms with van der Waals surface area (Å²) < 4.78 is 13.8. The molecule has 0 aromatic rings. The minimum atomic E-state index is -1.56.